The molecule has 0 saturated heterocycles. The largest absolute Gasteiger partial charge is 0.310 e. The minimum atomic E-state index is -3.79. The van der Waals surface area contributed by atoms with E-state index in [0.29, 0.717) is 12.2 Å². The van der Waals surface area contributed by atoms with Gasteiger partial charge in [-0.2, -0.15) is 0 Å². The first-order valence-corrected chi connectivity index (χ1v) is 11.3. The molecule has 1 unspecified atom stereocenters. The number of thioether (sulfide) groups is 1. The number of pyridine rings is 1. The molecule has 1 amide bonds. The minimum Gasteiger partial charge on any atom is -0.310 e. The van der Waals surface area contributed by atoms with Crippen LogP contribution in [0, 0.1) is 12.8 Å². The first-order valence-electron chi connectivity index (χ1n) is 8.91. The average molecular weight is 404 g/mol. The molecular weight excluding hydrogens is 382 g/mol. The number of hydrogen-bond acceptors (Lipinski definition) is 5. The van der Waals surface area contributed by atoms with Gasteiger partial charge >= 0.3 is 0 Å². The molecule has 27 heavy (non-hydrogen) atoms. The molecule has 2 heterocycles. The lowest BCUT2D eigenvalue weighted by atomic mass is 10.2. The highest BCUT2D eigenvalue weighted by molar-refractivity contribution is 8.00. The van der Waals surface area contributed by atoms with Crippen molar-refractivity contribution in [2.45, 2.75) is 41.7 Å². The second kappa shape index (κ2) is 6.83. The van der Waals surface area contributed by atoms with Crippen molar-refractivity contribution in [1.82, 2.24) is 4.98 Å². The van der Waals surface area contributed by atoms with E-state index in [1.54, 1.807) is 53.2 Å². The number of anilines is 2. The fourth-order valence-corrected chi connectivity index (χ4v) is 5.19. The number of carbonyl (C=O) groups is 1. The van der Waals surface area contributed by atoms with Crippen LogP contribution in [-0.4, -0.2) is 31.1 Å². The molecule has 0 bridgehead atoms. The van der Waals surface area contributed by atoms with Crippen LogP contribution in [-0.2, 0) is 14.8 Å². The molecule has 2 aliphatic rings. The second-order valence-corrected chi connectivity index (χ2v) is 10.3. The summed E-state index contributed by atoms with van der Waals surface area (Å²) in [5, 5.41) is 0.276. The van der Waals surface area contributed by atoms with Crippen molar-refractivity contribution >= 4 is 39.2 Å². The molecule has 2 aromatic rings. The van der Waals surface area contributed by atoms with Gasteiger partial charge < -0.3 is 4.90 Å². The van der Waals surface area contributed by atoms with Gasteiger partial charge in [0.1, 0.15) is 5.82 Å². The van der Waals surface area contributed by atoms with Gasteiger partial charge in [0.05, 0.1) is 10.6 Å². The number of aryl methyl sites for hydroxylation is 1. The highest BCUT2D eigenvalue weighted by Crippen LogP contribution is 2.42. The molecule has 1 aromatic carbocycles. The summed E-state index contributed by atoms with van der Waals surface area (Å²) >= 11 is 1.67. The number of amides is 1. The van der Waals surface area contributed by atoms with E-state index in [4.69, 9.17) is 0 Å². The number of benzene rings is 1. The van der Waals surface area contributed by atoms with Gasteiger partial charge in [0.15, 0.2) is 0 Å². The Hall–Kier alpha value is -2.06. The lowest BCUT2D eigenvalue weighted by Crippen LogP contribution is -2.39. The quantitative estimate of drug-likeness (QED) is 0.846. The van der Waals surface area contributed by atoms with Gasteiger partial charge in [0.25, 0.3) is 10.0 Å². The number of sulfonamides is 1. The van der Waals surface area contributed by atoms with Crippen molar-refractivity contribution in [3.05, 3.63) is 42.1 Å². The number of carbonyl (C=O) groups excluding carboxylic acids is 1. The second-order valence-electron chi connectivity index (χ2n) is 7.11. The van der Waals surface area contributed by atoms with Crippen LogP contribution in [0.2, 0.25) is 0 Å². The summed E-state index contributed by atoms with van der Waals surface area (Å²) in [6.07, 6.45) is 3.45. The molecule has 6 nitrogen and oxygen atoms in total. The monoisotopic (exact) mass is 403 g/mol. The Morgan fingerprint density at radius 2 is 2.04 bits per heavy atom. The predicted octanol–water partition coefficient (Wildman–Crippen LogP) is 3.43. The minimum absolute atomic E-state index is 0.0864. The SMILES string of the molecule is Cc1ccc(NS(=O)(=O)c2ccc3c(c2)N(C(=O)C2CC2)CC(C)S3)nc1. The van der Waals surface area contributed by atoms with E-state index in [9.17, 15) is 13.2 Å². The van der Waals surface area contributed by atoms with Crippen molar-refractivity contribution in [3.63, 3.8) is 0 Å². The van der Waals surface area contributed by atoms with Crippen molar-refractivity contribution in [2.24, 2.45) is 5.92 Å². The topological polar surface area (TPSA) is 79.4 Å². The first kappa shape index (κ1) is 18.3. The van der Waals surface area contributed by atoms with Gasteiger partial charge in [-0.15, -0.1) is 11.8 Å². The smallest absolute Gasteiger partial charge is 0.263 e. The van der Waals surface area contributed by atoms with E-state index in [2.05, 4.69) is 16.6 Å². The predicted molar refractivity (Wildman–Crippen MR) is 107 cm³/mol. The molecule has 0 spiro atoms. The van der Waals surface area contributed by atoms with Crippen molar-refractivity contribution in [1.29, 1.82) is 0 Å². The van der Waals surface area contributed by atoms with Crippen LogP contribution in [0.25, 0.3) is 0 Å². The molecular formula is C19H21N3O3S2. The summed E-state index contributed by atoms with van der Waals surface area (Å²) < 4.78 is 28.1. The fraction of sp³-hybridized carbons (Fsp3) is 0.368. The van der Waals surface area contributed by atoms with E-state index >= 15 is 0 Å². The van der Waals surface area contributed by atoms with Crippen LogP contribution in [0.15, 0.2) is 46.3 Å². The molecule has 1 aliphatic heterocycles. The van der Waals surface area contributed by atoms with E-state index in [1.807, 2.05) is 6.92 Å². The summed E-state index contributed by atoms with van der Waals surface area (Å²) in [5.74, 6) is 0.460. The lowest BCUT2D eigenvalue weighted by molar-refractivity contribution is -0.119. The molecule has 142 valence electrons. The van der Waals surface area contributed by atoms with E-state index < -0.39 is 10.0 Å². The average Bonchev–Trinajstić information content (AvgIpc) is 3.47. The van der Waals surface area contributed by atoms with Gasteiger partial charge in [-0.1, -0.05) is 13.0 Å². The zero-order chi connectivity index (χ0) is 19.2. The summed E-state index contributed by atoms with van der Waals surface area (Å²) in [4.78, 5) is 19.6. The normalized spacial score (nSPS) is 19.5. The number of aromatic nitrogens is 1. The van der Waals surface area contributed by atoms with Crippen LogP contribution >= 0.6 is 11.8 Å². The van der Waals surface area contributed by atoms with Crippen LogP contribution in [0.4, 0.5) is 11.5 Å². The number of fused-ring (bicyclic) bond motifs is 1. The van der Waals surface area contributed by atoms with Crippen molar-refractivity contribution < 1.29 is 13.2 Å². The Kier molecular flexibility index (Phi) is 4.63. The maximum Gasteiger partial charge on any atom is 0.263 e. The van der Waals surface area contributed by atoms with Gasteiger partial charge in [0, 0.05) is 28.8 Å². The molecule has 1 N–H and O–H groups in total. The summed E-state index contributed by atoms with van der Waals surface area (Å²) in [6.45, 7) is 4.57. The molecule has 0 radical (unpaired) electrons. The first-order chi connectivity index (χ1) is 12.8. The summed E-state index contributed by atoms with van der Waals surface area (Å²) in [7, 11) is -3.79. The third kappa shape index (κ3) is 3.82. The molecule has 1 aliphatic carbocycles. The third-order valence-electron chi connectivity index (χ3n) is 4.64. The van der Waals surface area contributed by atoms with Crippen LogP contribution in [0.1, 0.15) is 25.3 Å². The van der Waals surface area contributed by atoms with Crippen molar-refractivity contribution in [2.75, 3.05) is 16.2 Å². The third-order valence-corrected chi connectivity index (χ3v) is 7.15. The Balaban J connectivity index is 1.67. The molecule has 1 aromatic heterocycles. The Morgan fingerprint density at radius 1 is 1.26 bits per heavy atom. The number of hydrogen-bond donors (Lipinski definition) is 1. The lowest BCUT2D eigenvalue weighted by Gasteiger charge is -2.33. The highest BCUT2D eigenvalue weighted by Gasteiger charge is 2.37. The number of nitrogens with one attached hydrogen (secondary N) is 1. The molecule has 1 saturated carbocycles. The van der Waals surface area contributed by atoms with E-state index in [1.165, 1.54) is 0 Å². The standard InChI is InChI=1S/C19H21N3O3S2/c1-12-3-8-18(20-10-12)21-27(24,25)15-6-7-17-16(9-15)22(11-13(2)26-17)19(23)14-4-5-14/h3,6-10,13-14H,4-5,11H2,1-2H3,(H,20,21). The summed E-state index contributed by atoms with van der Waals surface area (Å²) in [6, 6.07) is 8.41. The molecule has 1 fully saturated rings. The Labute approximate surface area is 163 Å². The van der Waals surface area contributed by atoms with Gasteiger partial charge in [0.2, 0.25) is 5.91 Å². The van der Waals surface area contributed by atoms with E-state index in [0.717, 1.165) is 23.3 Å². The zero-order valence-electron chi connectivity index (χ0n) is 15.2. The Bertz CT molecular complexity index is 986. The van der Waals surface area contributed by atoms with Crippen LogP contribution in [0.5, 0.6) is 0 Å². The van der Waals surface area contributed by atoms with Crippen LogP contribution in [0.3, 0.4) is 0 Å². The van der Waals surface area contributed by atoms with Crippen molar-refractivity contribution in [3.8, 4) is 0 Å². The molecule has 1 atom stereocenters. The fourth-order valence-electron chi connectivity index (χ4n) is 3.07. The molecule has 4 rings (SSSR count). The maximum absolute atomic E-state index is 12.8. The zero-order valence-corrected chi connectivity index (χ0v) is 16.8. The summed E-state index contributed by atoms with van der Waals surface area (Å²) in [5.41, 5.74) is 1.64. The Morgan fingerprint density at radius 3 is 2.70 bits per heavy atom. The van der Waals surface area contributed by atoms with E-state index in [-0.39, 0.29) is 27.8 Å². The van der Waals surface area contributed by atoms with Gasteiger partial charge in [-0.25, -0.2) is 13.4 Å². The maximum atomic E-state index is 12.8. The number of rotatable bonds is 4. The van der Waals surface area contributed by atoms with Gasteiger partial charge in [-0.05, 0) is 49.6 Å². The van der Waals surface area contributed by atoms with Gasteiger partial charge in [-0.3, -0.25) is 9.52 Å². The molecule has 8 heteroatoms. The van der Waals surface area contributed by atoms with Crippen LogP contribution < -0.4 is 9.62 Å². The number of nitrogens with zero attached hydrogens (tertiary/aromatic N) is 2. The highest BCUT2D eigenvalue weighted by atomic mass is 32.2.